The Kier molecular flexibility index (Phi) is 6.29. The Hall–Kier alpha value is -3.04. The number of rotatable bonds is 3. The molecule has 1 saturated heterocycles. The number of pyridine rings is 1. The highest BCUT2D eigenvalue weighted by molar-refractivity contribution is 5.87. The lowest BCUT2D eigenvalue weighted by Gasteiger charge is -2.28. The highest BCUT2D eigenvalue weighted by atomic mass is 16.5. The van der Waals surface area contributed by atoms with Crippen molar-refractivity contribution in [3.63, 3.8) is 0 Å². The maximum absolute atomic E-state index is 7.07. The quantitative estimate of drug-likeness (QED) is 0.661. The van der Waals surface area contributed by atoms with Crippen molar-refractivity contribution in [2.24, 2.45) is 0 Å². The number of hydrogen-bond donors (Lipinski definition) is 0. The van der Waals surface area contributed by atoms with Crippen LogP contribution in [0.5, 0.6) is 0 Å². The number of hydrogen-bond acceptors (Lipinski definition) is 5. The molecule has 6 nitrogen and oxygen atoms in total. The smallest absolute Gasteiger partial charge is 0.241 e. The number of anilines is 1. The Bertz CT molecular complexity index is 930. The number of benzene rings is 1. The van der Waals surface area contributed by atoms with Crippen LogP contribution in [0, 0.1) is 6.57 Å². The van der Waals surface area contributed by atoms with E-state index in [1.165, 1.54) is 0 Å². The van der Waals surface area contributed by atoms with Gasteiger partial charge in [0.2, 0.25) is 6.54 Å². The lowest BCUT2D eigenvalue weighted by Crippen LogP contribution is -2.37. The monoisotopic (exact) mass is 361 g/mol. The van der Waals surface area contributed by atoms with E-state index in [0.29, 0.717) is 25.6 Å². The van der Waals surface area contributed by atoms with Crippen molar-refractivity contribution in [1.82, 2.24) is 15.0 Å². The molecule has 3 aromatic rings. The summed E-state index contributed by atoms with van der Waals surface area (Å²) >= 11 is 0. The minimum Gasteiger partial charge on any atom is -0.378 e. The normalized spacial score (nSPS) is 13.6. The van der Waals surface area contributed by atoms with Crippen LogP contribution in [-0.2, 0) is 11.3 Å². The molecule has 4 rings (SSSR count). The lowest BCUT2D eigenvalue weighted by molar-refractivity contribution is 0.122. The van der Waals surface area contributed by atoms with Crippen LogP contribution in [0.25, 0.3) is 27.3 Å². The molecule has 27 heavy (non-hydrogen) atoms. The van der Waals surface area contributed by atoms with E-state index in [-0.39, 0.29) is 0 Å². The number of ether oxygens (including phenoxy) is 1. The Morgan fingerprint density at radius 2 is 1.85 bits per heavy atom. The van der Waals surface area contributed by atoms with Gasteiger partial charge in [0.05, 0.1) is 24.3 Å². The summed E-state index contributed by atoms with van der Waals surface area (Å²) in [6.45, 7) is 14.3. The molecular weight excluding hydrogens is 338 g/mol. The first-order valence-corrected chi connectivity index (χ1v) is 9.23. The molecule has 0 amide bonds. The van der Waals surface area contributed by atoms with Gasteiger partial charge in [0.1, 0.15) is 5.52 Å². The van der Waals surface area contributed by atoms with E-state index in [1.54, 1.807) is 6.20 Å². The fourth-order valence-corrected chi connectivity index (χ4v) is 2.93. The van der Waals surface area contributed by atoms with Crippen LogP contribution in [0.15, 0.2) is 42.6 Å². The topological polar surface area (TPSA) is 55.5 Å². The van der Waals surface area contributed by atoms with Crippen molar-refractivity contribution in [3.05, 3.63) is 59.6 Å². The summed E-state index contributed by atoms with van der Waals surface area (Å²) in [5.41, 5.74) is 3.38. The zero-order chi connectivity index (χ0) is 19.1. The van der Waals surface area contributed by atoms with Gasteiger partial charge >= 0.3 is 0 Å². The Morgan fingerprint density at radius 1 is 1.11 bits per heavy atom. The zero-order valence-corrected chi connectivity index (χ0v) is 15.7. The number of morpholine rings is 1. The van der Waals surface area contributed by atoms with E-state index in [1.807, 2.05) is 50.2 Å². The van der Waals surface area contributed by atoms with Gasteiger partial charge in [-0.25, -0.2) is 16.5 Å². The van der Waals surface area contributed by atoms with Crippen LogP contribution in [0.4, 0.5) is 5.82 Å². The summed E-state index contributed by atoms with van der Waals surface area (Å²) < 4.78 is 5.46. The molecule has 1 fully saturated rings. The van der Waals surface area contributed by atoms with Crippen LogP contribution in [0.3, 0.4) is 0 Å². The highest BCUT2D eigenvalue weighted by Crippen LogP contribution is 2.27. The maximum atomic E-state index is 7.07. The van der Waals surface area contributed by atoms with Gasteiger partial charge in [-0.3, -0.25) is 4.98 Å². The highest BCUT2D eigenvalue weighted by Gasteiger charge is 2.19. The largest absolute Gasteiger partial charge is 0.378 e. The van der Waals surface area contributed by atoms with Crippen molar-refractivity contribution in [2.75, 3.05) is 31.2 Å². The molecule has 0 bridgehead atoms. The van der Waals surface area contributed by atoms with Crippen molar-refractivity contribution >= 4 is 16.9 Å². The fraction of sp³-hybridized carbons (Fsp3) is 0.333. The minimum absolute atomic E-state index is 0.306. The van der Waals surface area contributed by atoms with Gasteiger partial charge in [-0.05, 0) is 6.07 Å². The summed E-state index contributed by atoms with van der Waals surface area (Å²) in [4.78, 5) is 19.7. The van der Waals surface area contributed by atoms with E-state index in [2.05, 4.69) is 14.7 Å². The predicted octanol–water partition coefficient (Wildman–Crippen LogP) is 3.97. The number of nitrogens with zero attached hydrogens (tertiary/aromatic N) is 5. The second-order valence-corrected chi connectivity index (χ2v) is 5.86. The third-order valence-corrected chi connectivity index (χ3v) is 4.18. The summed E-state index contributed by atoms with van der Waals surface area (Å²) in [6.07, 6.45) is 1.75. The third kappa shape index (κ3) is 4.21. The van der Waals surface area contributed by atoms with Crippen molar-refractivity contribution in [3.8, 4) is 11.4 Å². The molecule has 1 aromatic carbocycles. The SMILES string of the molecule is CC.[C-]#[N+]Cc1cnc2c(N3CCOCC3)nc(-c3ccccc3)nc2c1. The van der Waals surface area contributed by atoms with Crippen molar-refractivity contribution in [2.45, 2.75) is 20.4 Å². The van der Waals surface area contributed by atoms with Gasteiger partial charge in [-0.2, -0.15) is 0 Å². The lowest BCUT2D eigenvalue weighted by atomic mass is 10.2. The Balaban J connectivity index is 0.00000102. The number of aromatic nitrogens is 3. The third-order valence-electron chi connectivity index (χ3n) is 4.18. The predicted molar refractivity (Wildman–Crippen MR) is 107 cm³/mol. The molecular formula is C21H23N5O. The maximum Gasteiger partial charge on any atom is 0.241 e. The second-order valence-electron chi connectivity index (χ2n) is 5.86. The van der Waals surface area contributed by atoms with Crippen LogP contribution in [-0.4, -0.2) is 41.3 Å². The Labute approximate surface area is 159 Å². The van der Waals surface area contributed by atoms with Gasteiger partial charge in [-0.15, -0.1) is 0 Å². The van der Waals surface area contributed by atoms with E-state index in [0.717, 1.165) is 41.1 Å². The summed E-state index contributed by atoms with van der Waals surface area (Å²) in [7, 11) is 0. The summed E-state index contributed by atoms with van der Waals surface area (Å²) in [6, 6.07) is 11.9. The van der Waals surface area contributed by atoms with Crippen molar-refractivity contribution < 1.29 is 4.74 Å². The van der Waals surface area contributed by atoms with Gasteiger partial charge < -0.3 is 14.5 Å². The molecule has 1 aliphatic rings. The molecule has 138 valence electrons. The first-order valence-electron chi connectivity index (χ1n) is 9.23. The minimum atomic E-state index is 0.306. The van der Waals surface area contributed by atoms with Gasteiger partial charge in [-0.1, -0.05) is 44.2 Å². The second kappa shape index (κ2) is 9.06. The molecule has 0 N–H and O–H groups in total. The van der Waals surface area contributed by atoms with Crippen LogP contribution in [0.2, 0.25) is 0 Å². The van der Waals surface area contributed by atoms with E-state index < -0.39 is 0 Å². The molecule has 0 unspecified atom stereocenters. The van der Waals surface area contributed by atoms with Crippen LogP contribution >= 0.6 is 0 Å². The molecule has 0 aliphatic carbocycles. The molecule has 0 atom stereocenters. The van der Waals surface area contributed by atoms with Crippen LogP contribution < -0.4 is 4.90 Å². The van der Waals surface area contributed by atoms with Gasteiger partial charge in [0.15, 0.2) is 11.6 Å². The standard InChI is InChI=1S/C19H17N5O.C2H6/c1-20-12-14-11-16-17(21-13-14)19(24-7-9-25-10-8-24)23-18(22-16)15-5-3-2-4-6-15;1-2/h2-6,11,13H,7-10,12H2;1-2H3. The first kappa shape index (κ1) is 18.7. The Morgan fingerprint density at radius 3 is 2.56 bits per heavy atom. The van der Waals surface area contributed by atoms with Crippen LogP contribution in [0.1, 0.15) is 19.4 Å². The average molecular weight is 361 g/mol. The molecule has 0 spiro atoms. The molecule has 6 heteroatoms. The first-order chi connectivity index (χ1) is 13.3. The molecule has 0 saturated carbocycles. The molecule has 2 aromatic heterocycles. The van der Waals surface area contributed by atoms with Gasteiger partial charge in [0.25, 0.3) is 0 Å². The van der Waals surface area contributed by atoms with Crippen molar-refractivity contribution in [1.29, 1.82) is 0 Å². The van der Waals surface area contributed by atoms with E-state index >= 15 is 0 Å². The van der Waals surface area contributed by atoms with E-state index in [9.17, 15) is 0 Å². The number of fused-ring (bicyclic) bond motifs is 1. The summed E-state index contributed by atoms with van der Waals surface area (Å²) in [5.74, 6) is 1.51. The van der Waals surface area contributed by atoms with Gasteiger partial charge in [0, 0.05) is 24.8 Å². The summed E-state index contributed by atoms with van der Waals surface area (Å²) in [5, 5.41) is 0. The average Bonchev–Trinajstić information content (AvgIpc) is 2.76. The molecule has 1 aliphatic heterocycles. The van der Waals surface area contributed by atoms with E-state index in [4.69, 9.17) is 21.3 Å². The molecule has 3 heterocycles. The fourth-order valence-electron chi connectivity index (χ4n) is 2.93. The molecule has 0 radical (unpaired) electrons. The zero-order valence-electron chi connectivity index (χ0n) is 15.7.